The van der Waals surface area contributed by atoms with Crippen LogP contribution in [-0.2, 0) is 14.4 Å². The third kappa shape index (κ3) is 4.96. The zero-order valence-corrected chi connectivity index (χ0v) is 15.8. The highest BCUT2D eigenvalue weighted by molar-refractivity contribution is 6.39. The summed E-state index contributed by atoms with van der Waals surface area (Å²) >= 11 is 0. The third-order valence-corrected chi connectivity index (χ3v) is 5.14. The molecule has 6 nitrogen and oxygen atoms in total. The van der Waals surface area contributed by atoms with Crippen LogP contribution in [0.2, 0.25) is 0 Å². The smallest absolute Gasteiger partial charge is 0.313 e. The Kier molecular flexibility index (Phi) is 6.27. The number of rotatable bonds is 5. The number of nitrogens with one attached hydrogen (secondary N) is 2. The molecule has 1 aromatic rings. The molecule has 1 fully saturated rings. The van der Waals surface area contributed by atoms with Crippen LogP contribution in [0.15, 0.2) is 29.8 Å². The molecule has 3 rings (SSSR count). The molecule has 0 radical (unpaired) electrons. The SMILES string of the molecule is Cc1cc(NC(=O)C(=O)NCCC2=CCCCC2)ccc1N1CCCC1=O. The van der Waals surface area contributed by atoms with Gasteiger partial charge in [0.15, 0.2) is 0 Å². The molecule has 27 heavy (non-hydrogen) atoms. The molecule has 2 N–H and O–H groups in total. The second-order valence-corrected chi connectivity index (χ2v) is 7.22. The first-order chi connectivity index (χ1) is 13.0. The molecule has 0 aromatic heterocycles. The van der Waals surface area contributed by atoms with Crippen LogP contribution in [0.4, 0.5) is 11.4 Å². The fourth-order valence-corrected chi connectivity index (χ4v) is 3.68. The first-order valence-corrected chi connectivity index (χ1v) is 9.72. The summed E-state index contributed by atoms with van der Waals surface area (Å²) < 4.78 is 0. The highest BCUT2D eigenvalue weighted by atomic mass is 16.2. The third-order valence-electron chi connectivity index (χ3n) is 5.14. The number of hydrogen-bond acceptors (Lipinski definition) is 3. The summed E-state index contributed by atoms with van der Waals surface area (Å²) in [6, 6.07) is 5.34. The Balaban J connectivity index is 1.51. The molecule has 2 aliphatic rings. The van der Waals surface area contributed by atoms with Gasteiger partial charge in [0.1, 0.15) is 0 Å². The van der Waals surface area contributed by atoms with Gasteiger partial charge < -0.3 is 15.5 Å². The van der Waals surface area contributed by atoms with E-state index in [9.17, 15) is 14.4 Å². The number of carbonyl (C=O) groups excluding carboxylic acids is 3. The fourth-order valence-electron chi connectivity index (χ4n) is 3.68. The molecule has 1 heterocycles. The second-order valence-electron chi connectivity index (χ2n) is 7.22. The summed E-state index contributed by atoms with van der Waals surface area (Å²) in [6.45, 7) is 3.10. The lowest BCUT2D eigenvalue weighted by Crippen LogP contribution is -2.36. The molecule has 0 unspecified atom stereocenters. The van der Waals surface area contributed by atoms with Crippen molar-refractivity contribution in [2.75, 3.05) is 23.3 Å². The predicted molar refractivity (Wildman–Crippen MR) is 106 cm³/mol. The van der Waals surface area contributed by atoms with Crippen molar-refractivity contribution in [1.82, 2.24) is 5.32 Å². The molecular formula is C21H27N3O3. The Bertz CT molecular complexity index is 770. The predicted octanol–water partition coefficient (Wildman–Crippen LogP) is 3.07. The van der Waals surface area contributed by atoms with Gasteiger partial charge in [0.2, 0.25) is 5.91 Å². The summed E-state index contributed by atoms with van der Waals surface area (Å²) in [6.07, 6.45) is 9.14. The van der Waals surface area contributed by atoms with E-state index in [1.54, 1.807) is 17.0 Å². The van der Waals surface area contributed by atoms with E-state index >= 15 is 0 Å². The number of aryl methyl sites for hydroxylation is 1. The quantitative estimate of drug-likeness (QED) is 0.618. The van der Waals surface area contributed by atoms with Crippen molar-refractivity contribution in [3.05, 3.63) is 35.4 Å². The van der Waals surface area contributed by atoms with Crippen molar-refractivity contribution < 1.29 is 14.4 Å². The summed E-state index contributed by atoms with van der Waals surface area (Å²) in [7, 11) is 0. The second kappa shape index (κ2) is 8.84. The van der Waals surface area contributed by atoms with E-state index in [0.29, 0.717) is 18.7 Å². The highest BCUT2D eigenvalue weighted by Gasteiger charge is 2.23. The van der Waals surface area contributed by atoms with E-state index in [-0.39, 0.29) is 5.91 Å². The molecule has 6 heteroatoms. The van der Waals surface area contributed by atoms with E-state index in [4.69, 9.17) is 0 Å². The number of benzene rings is 1. The molecule has 0 spiro atoms. The van der Waals surface area contributed by atoms with E-state index in [2.05, 4.69) is 16.7 Å². The highest BCUT2D eigenvalue weighted by Crippen LogP contribution is 2.27. The maximum Gasteiger partial charge on any atom is 0.313 e. The van der Waals surface area contributed by atoms with Crippen LogP contribution in [0.25, 0.3) is 0 Å². The van der Waals surface area contributed by atoms with Gasteiger partial charge in [-0.3, -0.25) is 14.4 Å². The largest absolute Gasteiger partial charge is 0.348 e. The first kappa shape index (κ1) is 19.1. The average Bonchev–Trinajstić information content (AvgIpc) is 3.08. The van der Waals surface area contributed by atoms with Gasteiger partial charge in [0.25, 0.3) is 0 Å². The van der Waals surface area contributed by atoms with Crippen LogP contribution < -0.4 is 15.5 Å². The van der Waals surface area contributed by atoms with Crippen molar-refractivity contribution in [2.24, 2.45) is 0 Å². The minimum Gasteiger partial charge on any atom is -0.348 e. The minimum absolute atomic E-state index is 0.127. The van der Waals surface area contributed by atoms with Crippen LogP contribution in [0.5, 0.6) is 0 Å². The number of nitrogens with zero attached hydrogens (tertiary/aromatic N) is 1. The summed E-state index contributed by atoms with van der Waals surface area (Å²) in [4.78, 5) is 37.8. The zero-order chi connectivity index (χ0) is 19.2. The minimum atomic E-state index is -0.669. The van der Waals surface area contributed by atoms with Crippen molar-refractivity contribution >= 4 is 29.1 Å². The van der Waals surface area contributed by atoms with Gasteiger partial charge in [0, 0.05) is 30.9 Å². The van der Waals surface area contributed by atoms with Gasteiger partial charge in [-0.25, -0.2) is 0 Å². The van der Waals surface area contributed by atoms with Crippen LogP contribution >= 0.6 is 0 Å². The lowest BCUT2D eigenvalue weighted by atomic mass is 9.97. The van der Waals surface area contributed by atoms with Crippen LogP contribution in [0.1, 0.15) is 50.5 Å². The standard InChI is InChI=1S/C21H27N3O3/c1-15-14-17(9-10-18(15)24-13-5-8-19(24)25)23-21(27)20(26)22-12-11-16-6-3-2-4-7-16/h6,9-10,14H,2-5,7-8,11-13H2,1H3,(H,22,26)(H,23,27). The molecular weight excluding hydrogens is 342 g/mol. The molecule has 0 saturated carbocycles. The molecule has 1 aliphatic heterocycles. The molecule has 3 amide bonds. The Morgan fingerprint density at radius 3 is 2.63 bits per heavy atom. The molecule has 0 atom stereocenters. The summed E-state index contributed by atoms with van der Waals surface area (Å²) in [5.41, 5.74) is 3.68. The van der Waals surface area contributed by atoms with Crippen molar-refractivity contribution in [2.45, 2.75) is 51.9 Å². The average molecular weight is 369 g/mol. The number of carbonyl (C=O) groups is 3. The Hall–Kier alpha value is -2.63. The Labute approximate surface area is 160 Å². The van der Waals surface area contributed by atoms with E-state index in [0.717, 1.165) is 43.5 Å². The van der Waals surface area contributed by atoms with Crippen molar-refractivity contribution in [3.8, 4) is 0 Å². The van der Waals surface area contributed by atoms with Crippen LogP contribution in [0, 0.1) is 6.92 Å². The number of anilines is 2. The molecule has 0 bridgehead atoms. The molecule has 1 saturated heterocycles. The number of hydrogen-bond donors (Lipinski definition) is 2. The van der Waals surface area contributed by atoms with E-state index in [1.807, 2.05) is 13.0 Å². The maximum absolute atomic E-state index is 12.1. The van der Waals surface area contributed by atoms with Crippen LogP contribution in [0.3, 0.4) is 0 Å². The summed E-state index contributed by atoms with van der Waals surface area (Å²) in [5.74, 6) is -1.16. The van der Waals surface area contributed by atoms with Gasteiger partial charge in [-0.15, -0.1) is 0 Å². The first-order valence-electron chi connectivity index (χ1n) is 9.72. The van der Waals surface area contributed by atoms with Crippen molar-refractivity contribution in [3.63, 3.8) is 0 Å². The Morgan fingerprint density at radius 2 is 1.96 bits per heavy atom. The monoisotopic (exact) mass is 369 g/mol. The van der Waals surface area contributed by atoms with Gasteiger partial charge in [-0.05, 0) is 69.2 Å². The number of amides is 3. The molecule has 1 aliphatic carbocycles. The zero-order valence-electron chi connectivity index (χ0n) is 15.8. The summed E-state index contributed by atoms with van der Waals surface area (Å²) in [5, 5.41) is 5.31. The Morgan fingerprint density at radius 1 is 1.11 bits per heavy atom. The topological polar surface area (TPSA) is 78.5 Å². The molecule has 1 aromatic carbocycles. The van der Waals surface area contributed by atoms with E-state index in [1.165, 1.54) is 18.4 Å². The lowest BCUT2D eigenvalue weighted by molar-refractivity contribution is -0.136. The maximum atomic E-state index is 12.1. The van der Waals surface area contributed by atoms with Crippen molar-refractivity contribution in [1.29, 1.82) is 0 Å². The van der Waals surface area contributed by atoms with Gasteiger partial charge >= 0.3 is 11.8 Å². The molecule has 144 valence electrons. The normalized spacial score (nSPS) is 16.9. The lowest BCUT2D eigenvalue weighted by Gasteiger charge is -2.19. The van der Waals surface area contributed by atoms with Gasteiger partial charge in [-0.2, -0.15) is 0 Å². The van der Waals surface area contributed by atoms with Gasteiger partial charge in [0.05, 0.1) is 0 Å². The number of allylic oxidation sites excluding steroid dienone is 1. The fraction of sp³-hybridized carbons (Fsp3) is 0.476. The van der Waals surface area contributed by atoms with Crippen LogP contribution in [-0.4, -0.2) is 30.8 Å². The van der Waals surface area contributed by atoms with Gasteiger partial charge in [-0.1, -0.05) is 11.6 Å². The van der Waals surface area contributed by atoms with E-state index < -0.39 is 11.8 Å².